The quantitative estimate of drug-likeness (QED) is 0.808. The van der Waals surface area contributed by atoms with Gasteiger partial charge in [0, 0.05) is 25.0 Å². The van der Waals surface area contributed by atoms with Crippen molar-refractivity contribution in [2.45, 2.75) is 45.6 Å². The molecule has 4 heteroatoms. The van der Waals surface area contributed by atoms with Crippen LogP contribution in [0.1, 0.15) is 37.8 Å². The van der Waals surface area contributed by atoms with Crippen LogP contribution in [0.2, 0.25) is 0 Å². The molecule has 1 fully saturated rings. The summed E-state index contributed by atoms with van der Waals surface area (Å²) in [5.41, 5.74) is 0.640. The third kappa shape index (κ3) is 3.95. The Bertz CT molecular complexity index is 421. The Balaban J connectivity index is 1.70. The first-order chi connectivity index (χ1) is 8.75. The first-order valence-electron chi connectivity index (χ1n) is 7.00. The lowest BCUT2D eigenvalue weighted by Gasteiger charge is -2.21. The highest BCUT2D eigenvalue weighted by molar-refractivity contribution is 4.95. The Kier molecular flexibility index (Phi) is 4.93. The lowest BCUT2D eigenvalue weighted by atomic mass is 9.89. The van der Waals surface area contributed by atoms with Gasteiger partial charge < -0.3 is 5.32 Å². The summed E-state index contributed by atoms with van der Waals surface area (Å²) in [6, 6.07) is 1.88. The molecule has 1 saturated carbocycles. The van der Waals surface area contributed by atoms with Gasteiger partial charge in [-0.05, 0) is 38.3 Å². The zero-order valence-electron chi connectivity index (χ0n) is 11.2. The molecular weight excluding hydrogens is 226 g/mol. The molecule has 1 aliphatic carbocycles. The number of nitrogens with one attached hydrogen (secondary N) is 1. The summed E-state index contributed by atoms with van der Waals surface area (Å²) in [6.45, 7) is 4.49. The van der Waals surface area contributed by atoms with Gasteiger partial charge in [0.25, 0.3) is 0 Å². The van der Waals surface area contributed by atoms with Crippen LogP contribution in [0.15, 0.2) is 17.1 Å². The van der Waals surface area contributed by atoms with E-state index < -0.39 is 0 Å². The maximum absolute atomic E-state index is 11.6. The molecule has 18 heavy (non-hydrogen) atoms. The van der Waals surface area contributed by atoms with E-state index in [4.69, 9.17) is 0 Å². The molecule has 1 heterocycles. The molecule has 0 unspecified atom stereocenters. The number of hydrogen-bond acceptors (Lipinski definition) is 3. The highest BCUT2D eigenvalue weighted by atomic mass is 16.1. The van der Waals surface area contributed by atoms with Crippen LogP contribution in [0.3, 0.4) is 0 Å². The standard InChI is InChI=1S/C14H23N3O/c1-12-7-9-17(14(18)16-12)10-8-15-11-13-5-3-2-4-6-13/h7,9,13,15H,2-6,8,10-11H2,1H3. The third-order valence-electron chi connectivity index (χ3n) is 3.70. The predicted octanol–water partition coefficient (Wildman–Crippen LogP) is 1.72. The van der Waals surface area contributed by atoms with E-state index in [-0.39, 0.29) is 5.69 Å². The average Bonchev–Trinajstić information content (AvgIpc) is 2.38. The van der Waals surface area contributed by atoms with Crippen molar-refractivity contribution < 1.29 is 0 Å². The van der Waals surface area contributed by atoms with E-state index in [1.807, 2.05) is 19.2 Å². The molecule has 4 nitrogen and oxygen atoms in total. The number of aryl methyl sites for hydroxylation is 1. The smallest absolute Gasteiger partial charge is 0.315 e. The molecule has 0 radical (unpaired) electrons. The fourth-order valence-electron chi connectivity index (χ4n) is 2.58. The average molecular weight is 249 g/mol. The van der Waals surface area contributed by atoms with Gasteiger partial charge in [-0.1, -0.05) is 19.3 Å². The Labute approximate surface area is 108 Å². The minimum Gasteiger partial charge on any atom is -0.315 e. The molecule has 2 rings (SSSR count). The Morgan fingerprint density at radius 3 is 2.89 bits per heavy atom. The van der Waals surface area contributed by atoms with Crippen molar-refractivity contribution in [1.29, 1.82) is 0 Å². The van der Waals surface area contributed by atoms with Gasteiger partial charge in [-0.15, -0.1) is 0 Å². The number of aromatic nitrogens is 2. The van der Waals surface area contributed by atoms with Crippen LogP contribution in [-0.4, -0.2) is 22.6 Å². The zero-order chi connectivity index (χ0) is 12.8. The van der Waals surface area contributed by atoms with E-state index in [1.54, 1.807) is 4.57 Å². The summed E-state index contributed by atoms with van der Waals surface area (Å²) >= 11 is 0. The summed E-state index contributed by atoms with van der Waals surface area (Å²) < 4.78 is 1.67. The summed E-state index contributed by atoms with van der Waals surface area (Å²) in [7, 11) is 0. The maximum atomic E-state index is 11.6. The normalized spacial score (nSPS) is 16.9. The van der Waals surface area contributed by atoms with Crippen LogP contribution in [-0.2, 0) is 6.54 Å². The SMILES string of the molecule is Cc1ccn(CCNCC2CCCCC2)c(=O)n1. The molecule has 1 aliphatic rings. The van der Waals surface area contributed by atoms with Crippen molar-refractivity contribution in [1.82, 2.24) is 14.9 Å². The molecule has 0 aliphatic heterocycles. The molecule has 0 atom stereocenters. The molecule has 0 saturated heterocycles. The molecule has 100 valence electrons. The minimum atomic E-state index is -0.144. The number of hydrogen-bond donors (Lipinski definition) is 1. The van der Waals surface area contributed by atoms with Crippen LogP contribution >= 0.6 is 0 Å². The van der Waals surface area contributed by atoms with E-state index in [2.05, 4.69) is 10.3 Å². The Hall–Kier alpha value is -1.16. The minimum absolute atomic E-state index is 0.144. The van der Waals surface area contributed by atoms with Crippen LogP contribution in [0.5, 0.6) is 0 Å². The van der Waals surface area contributed by atoms with E-state index in [0.717, 1.165) is 24.7 Å². The van der Waals surface area contributed by atoms with Crippen molar-refractivity contribution in [2.75, 3.05) is 13.1 Å². The Morgan fingerprint density at radius 1 is 1.39 bits per heavy atom. The summed E-state index contributed by atoms with van der Waals surface area (Å²) in [4.78, 5) is 15.5. The molecule has 1 aromatic heterocycles. The van der Waals surface area contributed by atoms with Crippen molar-refractivity contribution >= 4 is 0 Å². The molecule has 0 aromatic carbocycles. The van der Waals surface area contributed by atoms with Crippen molar-refractivity contribution in [3.63, 3.8) is 0 Å². The first-order valence-corrected chi connectivity index (χ1v) is 7.00. The molecule has 0 bridgehead atoms. The second-order valence-electron chi connectivity index (χ2n) is 5.25. The first kappa shape index (κ1) is 13.3. The van der Waals surface area contributed by atoms with E-state index in [0.29, 0.717) is 6.54 Å². The molecule has 1 aromatic rings. The highest BCUT2D eigenvalue weighted by Gasteiger charge is 2.12. The van der Waals surface area contributed by atoms with Crippen LogP contribution < -0.4 is 11.0 Å². The van der Waals surface area contributed by atoms with Gasteiger partial charge in [-0.2, -0.15) is 4.98 Å². The van der Waals surface area contributed by atoms with Crippen molar-refractivity contribution in [3.8, 4) is 0 Å². The fraction of sp³-hybridized carbons (Fsp3) is 0.714. The number of nitrogens with zero attached hydrogens (tertiary/aromatic N) is 2. The monoisotopic (exact) mass is 249 g/mol. The summed E-state index contributed by atoms with van der Waals surface area (Å²) in [5, 5.41) is 3.46. The van der Waals surface area contributed by atoms with Crippen molar-refractivity contribution in [2.24, 2.45) is 5.92 Å². The topological polar surface area (TPSA) is 46.9 Å². The van der Waals surface area contributed by atoms with Gasteiger partial charge in [0.2, 0.25) is 0 Å². The zero-order valence-corrected chi connectivity index (χ0v) is 11.2. The van der Waals surface area contributed by atoms with Gasteiger partial charge >= 0.3 is 5.69 Å². The van der Waals surface area contributed by atoms with E-state index in [1.165, 1.54) is 32.1 Å². The Morgan fingerprint density at radius 2 is 2.17 bits per heavy atom. The van der Waals surface area contributed by atoms with Crippen LogP contribution in [0, 0.1) is 12.8 Å². The second kappa shape index (κ2) is 6.69. The van der Waals surface area contributed by atoms with Gasteiger partial charge in [0.1, 0.15) is 0 Å². The molecular formula is C14H23N3O. The third-order valence-corrected chi connectivity index (χ3v) is 3.70. The summed E-state index contributed by atoms with van der Waals surface area (Å²) in [5.74, 6) is 0.839. The second-order valence-corrected chi connectivity index (χ2v) is 5.25. The largest absolute Gasteiger partial charge is 0.347 e. The van der Waals surface area contributed by atoms with Gasteiger partial charge in [0.05, 0.1) is 0 Å². The lowest BCUT2D eigenvalue weighted by molar-refractivity contribution is 0.340. The van der Waals surface area contributed by atoms with Gasteiger partial charge in [-0.25, -0.2) is 4.79 Å². The van der Waals surface area contributed by atoms with Crippen LogP contribution in [0.25, 0.3) is 0 Å². The molecule has 1 N–H and O–H groups in total. The van der Waals surface area contributed by atoms with Crippen LogP contribution in [0.4, 0.5) is 0 Å². The van der Waals surface area contributed by atoms with E-state index >= 15 is 0 Å². The lowest BCUT2D eigenvalue weighted by Crippen LogP contribution is -2.31. The van der Waals surface area contributed by atoms with Gasteiger partial charge in [0.15, 0.2) is 0 Å². The number of rotatable bonds is 5. The van der Waals surface area contributed by atoms with Gasteiger partial charge in [-0.3, -0.25) is 4.57 Å². The highest BCUT2D eigenvalue weighted by Crippen LogP contribution is 2.22. The summed E-state index contributed by atoms with van der Waals surface area (Å²) in [6.07, 6.45) is 8.72. The fourth-order valence-corrected chi connectivity index (χ4v) is 2.58. The maximum Gasteiger partial charge on any atom is 0.347 e. The van der Waals surface area contributed by atoms with Crippen molar-refractivity contribution in [3.05, 3.63) is 28.4 Å². The molecule has 0 spiro atoms. The molecule has 0 amide bonds. The van der Waals surface area contributed by atoms with E-state index in [9.17, 15) is 4.79 Å². The predicted molar refractivity (Wildman–Crippen MR) is 72.7 cm³/mol.